The second-order valence-electron chi connectivity index (χ2n) is 5.67. The van der Waals surface area contributed by atoms with E-state index in [-0.39, 0.29) is 5.97 Å². The average Bonchev–Trinajstić information content (AvgIpc) is 3.07. The third-order valence-corrected chi connectivity index (χ3v) is 4.70. The van der Waals surface area contributed by atoms with Crippen molar-refractivity contribution in [1.29, 1.82) is 0 Å². The zero-order valence-corrected chi connectivity index (χ0v) is 16.6. The smallest absolute Gasteiger partial charge is 0.305 e. The fourth-order valence-corrected chi connectivity index (χ4v) is 3.05. The summed E-state index contributed by atoms with van der Waals surface area (Å²) in [6.07, 6.45) is 7.59. The number of aliphatic imine (C=N–C) groups is 1. The van der Waals surface area contributed by atoms with E-state index < -0.39 is 0 Å². The standard InChI is InChI=1S/C18H32N4O2S/c1-4-15-13-21-16(25-15)14-22-18(19-5-2)20-12-10-8-7-9-11-17(23)24-6-3/h13H,4-12,14H2,1-3H3,(H2,19,20,22). The Morgan fingerprint density at radius 1 is 1.20 bits per heavy atom. The van der Waals surface area contributed by atoms with Crippen LogP contribution in [-0.4, -0.2) is 36.6 Å². The van der Waals surface area contributed by atoms with Crippen LogP contribution >= 0.6 is 11.3 Å². The predicted molar refractivity (Wildman–Crippen MR) is 104 cm³/mol. The van der Waals surface area contributed by atoms with Gasteiger partial charge in [-0.15, -0.1) is 11.3 Å². The van der Waals surface area contributed by atoms with Gasteiger partial charge in [-0.05, 0) is 33.1 Å². The summed E-state index contributed by atoms with van der Waals surface area (Å²) in [5.74, 6) is 0.748. The number of aryl methyl sites for hydroxylation is 1. The lowest BCUT2D eigenvalue weighted by molar-refractivity contribution is -0.143. The Bertz CT molecular complexity index is 517. The van der Waals surface area contributed by atoms with E-state index in [1.54, 1.807) is 11.3 Å². The molecule has 0 unspecified atom stereocenters. The number of unbranched alkanes of at least 4 members (excludes halogenated alkanes) is 3. The van der Waals surface area contributed by atoms with Gasteiger partial charge in [0.1, 0.15) is 5.01 Å². The maximum Gasteiger partial charge on any atom is 0.305 e. The Hall–Kier alpha value is -1.63. The number of hydrogen-bond acceptors (Lipinski definition) is 5. The average molecular weight is 369 g/mol. The molecule has 0 saturated carbocycles. The van der Waals surface area contributed by atoms with Gasteiger partial charge >= 0.3 is 5.97 Å². The second-order valence-corrected chi connectivity index (χ2v) is 6.86. The fourth-order valence-electron chi connectivity index (χ4n) is 2.26. The topological polar surface area (TPSA) is 75.6 Å². The van der Waals surface area contributed by atoms with E-state index in [0.29, 0.717) is 19.6 Å². The number of nitrogens with zero attached hydrogens (tertiary/aromatic N) is 2. The molecule has 1 aromatic heterocycles. The minimum absolute atomic E-state index is 0.0874. The van der Waals surface area contributed by atoms with E-state index in [1.165, 1.54) is 4.88 Å². The highest BCUT2D eigenvalue weighted by Gasteiger charge is 2.02. The van der Waals surface area contributed by atoms with Crippen LogP contribution in [-0.2, 0) is 22.5 Å². The van der Waals surface area contributed by atoms with Gasteiger partial charge < -0.3 is 15.4 Å². The van der Waals surface area contributed by atoms with Crippen LogP contribution in [0.4, 0.5) is 0 Å². The van der Waals surface area contributed by atoms with E-state index in [0.717, 1.165) is 56.2 Å². The molecule has 1 rings (SSSR count). The lowest BCUT2D eigenvalue weighted by Crippen LogP contribution is -2.37. The molecule has 142 valence electrons. The van der Waals surface area contributed by atoms with Crippen LogP contribution in [0.1, 0.15) is 62.8 Å². The van der Waals surface area contributed by atoms with Crippen molar-refractivity contribution in [2.24, 2.45) is 4.99 Å². The zero-order valence-electron chi connectivity index (χ0n) is 15.8. The molecule has 0 aromatic carbocycles. The van der Waals surface area contributed by atoms with Crippen LogP contribution < -0.4 is 10.6 Å². The van der Waals surface area contributed by atoms with Crippen molar-refractivity contribution in [1.82, 2.24) is 15.6 Å². The van der Waals surface area contributed by atoms with Crippen molar-refractivity contribution < 1.29 is 9.53 Å². The first kappa shape index (κ1) is 21.4. The minimum Gasteiger partial charge on any atom is -0.466 e. The number of nitrogens with one attached hydrogen (secondary N) is 2. The van der Waals surface area contributed by atoms with Gasteiger partial charge in [-0.25, -0.2) is 9.98 Å². The minimum atomic E-state index is -0.0874. The molecule has 2 N–H and O–H groups in total. The fraction of sp³-hybridized carbons (Fsp3) is 0.722. The molecule has 0 saturated heterocycles. The lowest BCUT2D eigenvalue weighted by atomic mass is 10.1. The molecule has 0 radical (unpaired) electrons. The van der Waals surface area contributed by atoms with Gasteiger partial charge in [0.15, 0.2) is 5.96 Å². The highest BCUT2D eigenvalue weighted by molar-refractivity contribution is 7.11. The van der Waals surface area contributed by atoms with Gasteiger partial charge in [0.25, 0.3) is 0 Å². The number of hydrogen-bond donors (Lipinski definition) is 2. The Kier molecular flexibility index (Phi) is 11.7. The molecule has 0 atom stereocenters. The normalized spacial score (nSPS) is 11.4. The van der Waals surface area contributed by atoms with Crippen LogP contribution in [0.3, 0.4) is 0 Å². The molecule has 0 spiro atoms. The molecular weight excluding hydrogens is 336 g/mol. The van der Waals surface area contributed by atoms with Crippen molar-refractivity contribution in [3.63, 3.8) is 0 Å². The summed E-state index contributed by atoms with van der Waals surface area (Å²) >= 11 is 1.72. The molecule has 6 nitrogen and oxygen atoms in total. The molecule has 0 aliphatic rings. The van der Waals surface area contributed by atoms with Crippen LogP contribution in [0, 0.1) is 0 Å². The van der Waals surface area contributed by atoms with Crippen molar-refractivity contribution in [3.8, 4) is 0 Å². The zero-order chi connectivity index (χ0) is 18.3. The maximum atomic E-state index is 11.2. The van der Waals surface area contributed by atoms with Crippen LogP contribution in [0.25, 0.3) is 0 Å². The molecule has 0 aliphatic heterocycles. The Morgan fingerprint density at radius 3 is 2.68 bits per heavy atom. The first-order valence-electron chi connectivity index (χ1n) is 9.30. The summed E-state index contributed by atoms with van der Waals surface area (Å²) in [5.41, 5.74) is 0. The molecule has 7 heteroatoms. The van der Waals surface area contributed by atoms with Gasteiger partial charge in [0, 0.05) is 30.6 Å². The molecule has 0 aliphatic carbocycles. The largest absolute Gasteiger partial charge is 0.466 e. The Labute approximate surface area is 155 Å². The highest BCUT2D eigenvalue weighted by Crippen LogP contribution is 2.13. The first-order valence-corrected chi connectivity index (χ1v) is 10.1. The second kappa shape index (κ2) is 13.6. The highest BCUT2D eigenvalue weighted by atomic mass is 32.1. The molecule has 1 heterocycles. The van der Waals surface area contributed by atoms with E-state index in [2.05, 4.69) is 34.5 Å². The summed E-state index contributed by atoms with van der Waals surface area (Å²) in [6, 6.07) is 0. The van der Waals surface area contributed by atoms with E-state index in [4.69, 9.17) is 4.74 Å². The summed E-state index contributed by atoms with van der Waals surface area (Å²) in [7, 11) is 0. The molecule has 0 amide bonds. The third kappa shape index (κ3) is 10.1. The Balaban J connectivity index is 2.19. The van der Waals surface area contributed by atoms with Crippen molar-refractivity contribution in [3.05, 3.63) is 16.1 Å². The molecular formula is C18H32N4O2S. The van der Waals surface area contributed by atoms with E-state index in [9.17, 15) is 4.79 Å². The number of thiazole rings is 1. The number of rotatable bonds is 12. The summed E-state index contributed by atoms with van der Waals surface area (Å²) in [4.78, 5) is 21.5. The number of carbonyl (C=O) groups is 1. The van der Waals surface area contributed by atoms with Crippen LogP contribution in [0.2, 0.25) is 0 Å². The molecule has 25 heavy (non-hydrogen) atoms. The van der Waals surface area contributed by atoms with Crippen molar-refractivity contribution in [2.75, 3.05) is 19.7 Å². The summed E-state index contributed by atoms with van der Waals surface area (Å²) in [5, 5.41) is 7.66. The monoisotopic (exact) mass is 368 g/mol. The SMILES string of the molecule is CCNC(=NCc1ncc(CC)s1)NCCCCCCC(=O)OCC. The van der Waals surface area contributed by atoms with E-state index in [1.807, 2.05) is 13.1 Å². The Morgan fingerprint density at radius 2 is 2.00 bits per heavy atom. The lowest BCUT2D eigenvalue weighted by Gasteiger charge is -2.10. The van der Waals surface area contributed by atoms with Crippen molar-refractivity contribution in [2.45, 2.75) is 65.8 Å². The van der Waals surface area contributed by atoms with Gasteiger partial charge in [0.2, 0.25) is 0 Å². The van der Waals surface area contributed by atoms with E-state index >= 15 is 0 Å². The van der Waals surface area contributed by atoms with Gasteiger partial charge in [-0.1, -0.05) is 19.8 Å². The molecule has 0 bridgehead atoms. The third-order valence-electron chi connectivity index (χ3n) is 3.57. The summed E-state index contributed by atoms with van der Waals surface area (Å²) < 4.78 is 4.92. The number of aromatic nitrogens is 1. The van der Waals surface area contributed by atoms with Gasteiger partial charge in [0.05, 0.1) is 13.2 Å². The van der Waals surface area contributed by atoms with Crippen molar-refractivity contribution >= 4 is 23.3 Å². The quantitative estimate of drug-likeness (QED) is 0.256. The summed E-state index contributed by atoms with van der Waals surface area (Å²) in [6.45, 7) is 8.83. The van der Waals surface area contributed by atoms with Gasteiger partial charge in [-0.2, -0.15) is 0 Å². The molecule has 0 fully saturated rings. The number of ether oxygens (including phenoxy) is 1. The number of guanidine groups is 1. The van der Waals surface area contributed by atoms with Crippen LogP contribution in [0.15, 0.2) is 11.2 Å². The first-order chi connectivity index (χ1) is 12.2. The number of esters is 1. The van der Waals surface area contributed by atoms with Gasteiger partial charge in [-0.3, -0.25) is 4.79 Å². The molecule has 1 aromatic rings. The predicted octanol–water partition coefficient (Wildman–Crippen LogP) is 3.27. The number of carbonyl (C=O) groups excluding carboxylic acids is 1. The van der Waals surface area contributed by atoms with Crippen LogP contribution in [0.5, 0.6) is 0 Å². The maximum absolute atomic E-state index is 11.2.